The Morgan fingerprint density at radius 1 is 1.21 bits per heavy atom. The van der Waals surface area contributed by atoms with E-state index in [1.54, 1.807) is 0 Å². The minimum Gasteiger partial charge on any atom is -0.377 e. The quantitative estimate of drug-likeness (QED) is 0.690. The Bertz CT molecular complexity index is 294. The van der Waals surface area contributed by atoms with Crippen molar-refractivity contribution in [2.24, 2.45) is 0 Å². The van der Waals surface area contributed by atoms with Crippen molar-refractivity contribution < 1.29 is 0 Å². The van der Waals surface area contributed by atoms with E-state index in [1.807, 2.05) is 0 Å². The van der Waals surface area contributed by atoms with E-state index >= 15 is 0 Å². The summed E-state index contributed by atoms with van der Waals surface area (Å²) in [6.07, 6.45) is 2.30. The van der Waals surface area contributed by atoms with Gasteiger partial charge in [-0.15, -0.1) is 11.6 Å². The van der Waals surface area contributed by atoms with Gasteiger partial charge in [0.2, 0.25) is 0 Å². The van der Waals surface area contributed by atoms with Crippen LogP contribution in [0.2, 0.25) is 0 Å². The second-order valence-electron chi connectivity index (χ2n) is 3.70. The average molecular weight is 212 g/mol. The first-order valence-electron chi connectivity index (χ1n) is 5.04. The lowest BCUT2D eigenvalue weighted by Gasteiger charge is -2.20. The van der Waals surface area contributed by atoms with Crippen molar-refractivity contribution >= 4 is 17.3 Å². The maximum Gasteiger partial charge on any atom is 0.0494 e. The van der Waals surface area contributed by atoms with Gasteiger partial charge in [-0.1, -0.05) is 31.5 Å². The third-order valence-electron chi connectivity index (χ3n) is 2.31. The van der Waals surface area contributed by atoms with Crippen molar-refractivity contribution in [3.8, 4) is 0 Å². The van der Waals surface area contributed by atoms with Crippen LogP contribution >= 0.6 is 11.6 Å². The molecule has 0 fully saturated rings. The predicted molar refractivity (Wildman–Crippen MR) is 64.3 cm³/mol. The first kappa shape index (κ1) is 11.4. The van der Waals surface area contributed by atoms with E-state index in [9.17, 15) is 0 Å². The number of para-hydroxylation sites is 1. The van der Waals surface area contributed by atoms with Gasteiger partial charge < -0.3 is 4.90 Å². The largest absolute Gasteiger partial charge is 0.377 e. The topological polar surface area (TPSA) is 3.24 Å². The Morgan fingerprint density at radius 3 is 2.36 bits per heavy atom. The van der Waals surface area contributed by atoms with Crippen LogP contribution < -0.4 is 4.90 Å². The molecule has 0 bridgehead atoms. The number of rotatable bonds is 4. The molecule has 0 radical (unpaired) electrons. The Balaban J connectivity index is 3.14. The molecular formula is C12H18ClN. The van der Waals surface area contributed by atoms with Crippen LogP contribution in [0.25, 0.3) is 0 Å². The minimum absolute atomic E-state index is 0.588. The lowest BCUT2D eigenvalue weighted by Crippen LogP contribution is -2.13. The molecule has 0 saturated carbocycles. The van der Waals surface area contributed by atoms with Gasteiger partial charge in [-0.2, -0.15) is 0 Å². The second-order valence-corrected chi connectivity index (χ2v) is 3.97. The van der Waals surface area contributed by atoms with Gasteiger partial charge in [-0.05, 0) is 17.5 Å². The molecule has 0 amide bonds. The zero-order chi connectivity index (χ0) is 10.6. The van der Waals surface area contributed by atoms with Crippen molar-refractivity contribution in [3.05, 3.63) is 29.3 Å². The molecule has 78 valence electrons. The van der Waals surface area contributed by atoms with Crippen LogP contribution in [0.1, 0.15) is 24.5 Å². The minimum atomic E-state index is 0.588. The summed E-state index contributed by atoms with van der Waals surface area (Å²) in [7, 11) is 4.15. The normalized spacial score (nSPS) is 10.3. The SMILES string of the molecule is CCCc1cccc(CCl)c1N(C)C. The number of hydrogen-bond donors (Lipinski definition) is 0. The molecular weight excluding hydrogens is 194 g/mol. The fourth-order valence-electron chi connectivity index (χ4n) is 1.80. The number of nitrogens with zero attached hydrogens (tertiary/aromatic N) is 1. The molecule has 0 aliphatic heterocycles. The van der Waals surface area contributed by atoms with Crippen LogP contribution in [0.3, 0.4) is 0 Å². The summed E-state index contributed by atoms with van der Waals surface area (Å²) in [5, 5.41) is 0. The fourth-order valence-corrected chi connectivity index (χ4v) is 2.01. The highest BCUT2D eigenvalue weighted by Crippen LogP contribution is 2.26. The van der Waals surface area contributed by atoms with E-state index in [4.69, 9.17) is 11.6 Å². The summed E-state index contributed by atoms with van der Waals surface area (Å²) in [6.45, 7) is 2.20. The summed E-state index contributed by atoms with van der Waals surface area (Å²) in [5.74, 6) is 0.588. The number of benzene rings is 1. The molecule has 0 aliphatic rings. The third-order valence-corrected chi connectivity index (χ3v) is 2.60. The summed E-state index contributed by atoms with van der Waals surface area (Å²) in [4.78, 5) is 2.16. The van der Waals surface area contributed by atoms with E-state index < -0.39 is 0 Å². The highest BCUT2D eigenvalue weighted by atomic mass is 35.5. The Morgan fingerprint density at radius 2 is 1.86 bits per heavy atom. The molecule has 2 heteroatoms. The van der Waals surface area contributed by atoms with Gasteiger partial charge in [0.05, 0.1) is 0 Å². The van der Waals surface area contributed by atoms with Crippen molar-refractivity contribution in [2.75, 3.05) is 19.0 Å². The standard InChI is InChI=1S/C12H18ClN/c1-4-6-10-7-5-8-11(9-13)12(10)14(2)3/h5,7-8H,4,6,9H2,1-3H3. The molecule has 0 heterocycles. The van der Waals surface area contributed by atoms with E-state index in [0.29, 0.717) is 5.88 Å². The molecule has 0 aromatic heterocycles. The van der Waals surface area contributed by atoms with Gasteiger partial charge in [0.1, 0.15) is 0 Å². The first-order valence-corrected chi connectivity index (χ1v) is 5.58. The zero-order valence-electron chi connectivity index (χ0n) is 9.18. The summed E-state index contributed by atoms with van der Waals surface area (Å²) in [5.41, 5.74) is 3.92. The van der Waals surface area contributed by atoms with Crippen molar-refractivity contribution in [3.63, 3.8) is 0 Å². The van der Waals surface area contributed by atoms with Crippen LogP contribution in [0, 0.1) is 0 Å². The lowest BCUT2D eigenvalue weighted by molar-refractivity contribution is 0.909. The van der Waals surface area contributed by atoms with Gasteiger partial charge >= 0.3 is 0 Å². The van der Waals surface area contributed by atoms with Crippen LogP contribution in [0.5, 0.6) is 0 Å². The highest BCUT2D eigenvalue weighted by molar-refractivity contribution is 6.17. The molecule has 0 N–H and O–H groups in total. The van der Waals surface area contributed by atoms with Gasteiger partial charge in [-0.3, -0.25) is 0 Å². The average Bonchev–Trinajstić information content (AvgIpc) is 2.17. The number of alkyl halides is 1. The second kappa shape index (κ2) is 5.26. The van der Waals surface area contributed by atoms with Gasteiger partial charge in [0, 0.05) is 25.7 Å². The lowest BCUT2D eigenvalue weighted by atomic mass is 10.0. The smallest absolute Gasteiger partial charge is 0.0494 e. The van der Waals surface area contributed by atoms with Gasteiger partial charge in [-0.25, -0.2) is 0 Å². The molecule has 14 heavy (non-hydrogen) atoms. The monoisotopic (exact) mass is 211 g/mol. The molecule has 1 aromatic carbocycles. The predicted octanol–water partition coefficient (Wildman–Crippen LogP) is 3.44. The molecule has 0 saturated heterocycles. The van der Waals surface area contributed by atoms with Crippen molar-refractivity contribution in [1.29, 1.82) is 0 Å². The van der Waals surface area contributed by atoms with Crippen molar-refractivity contribution in [1.82, 2.24) is 0 Å². The number of hydrogen-bond acceptors (Lipinski definition) is 1. The maximum absolute atomic E-state index is 5.92. The Hall–Kier alpha value is -0.690. The summed E-state index contributed by atoms with van der Waals surface area (Å²) >= 11 is 5.92. The molecule has 1 aromatic rings. The molecule has 1 rings (SSSR count). The molecule has 0 atom stereocenters. The Kier molecular flexibility index (Phi) is 4.27. The number of halogens is 1. The van der Waals surface area contributed by atoms with Crippen molar-refractivity contribution in [2.45, 2.75) is 25.6 Å². The van der Waals surface area contributed by atoms with Crippen LogP contribution in [-0.4, -0.2) is 14.1 Å². The van der Waals surface area contributed by atoms with E-state index in [-0.39, 0.29) is 0 Å². The third kappa shape index (κ3) is 2.42. The van der Waals surface area contributed by atoms with Gasteiger partial charge in [0.15, 0.2) is 0 Å². The molecule has 0 spiro atoms. The first-order chi connectivity index (χ1) is 6.70. The van der Waals surface area contributed by atoms with E-state index in [2.05, 4.69) is 44.1 Å². The zero-order valence-corrected chi connectivity index (χ0v) is 9.93. The number of aryl methyl sites for hydroxylation is 1. The van der Waals surface area contributed by atoms with Crippen LogP contribution in [0.4, 0.5) is 5.69 Å². The molecule has 0 unspecified atom stereocenters. The summed E-state index contributed by atoms with van der Waals surface area (Å²) < 4.78 is 0. The van der Waals surface area contributed by atoms with Crippen LogP contribution in [0.15, 0.2) is 18.2 Å². The number of anilines is 1. The highest BCUT2D eigenvalue weighted by Gasteiger charge is 2.08. The van der Waals surface area contributed by atoms with E-state index in [1.165, 1.54) is 23.2 Å². The molecule has 1 nitrogen and oxygen atoms in total. The summed E-state index contributed by atoms with van der Waals surface area (Å²) in [6, 6.07) is 6.38. The van der Waals surface area contributed by atoms with Crippen LogP contribution in [-0.2, 0) is 12.3 Å². The molecule has 0 aliphatic carbocycles. The van der Waals surface area contributed by atoms with E-state index in [0.717, 1.165) is 6.42 Å². The fraction of sp³-hybridized carbons (Fsp3) is 0.500. The maximum atomic E-state index is 5.92. The van der Waals surface area contributed by atoms with Gasteiger partial charge in [0.25, 0.3) is 0 Å². The Labute approximate surface area is 91.7 Å².